The molecule has 1 atom stereocenters. The molecule has 116 valence electrons. The van der Waals surface area contributed by atoms with E-state index in [9.17, 15) is 9.59 Å². The van der Waals surface area contributed by atoms with Gasteiger partial charge in [-0.3, -0.25) is 10.1 Å². The van der Waals surface area contributed by atoms with Gasteiger partial charge in [0.25, 0.3) is 5.91 Å². The van der Waals surface area contributed by atoms with Crippen LogP contribution in [0.25, 0.3) is 0 Å². The highest BCUT2D eigenvalue weighted by Crippen LogP contribution is 2.24. The van der Waals surface area contributed by atoms with E-state index in [1.165, 1.54) is 0 Å². The van der Waals surface area contributed by atoms with Crippen LogP contribution in [-0.2, 0) is 11.3 Å². The molecule has 0 spiro atoms. The van der Waals surface area contributed by atoms with Crippen molar-refractivity contribution in [3.8, 4) is 5.75 Å². The molecular weight excluding hydrogens is 338 g/mol. The fourth-order valence-corrected chi connectivity index (χ4v) is 2.08. The minimum absolute atomic E-state index is 0.571. The number of carbonyl (C=O) groups is 2. The lowest BCUT2D eigenvalue weighted by Crippen LogP contribution is -2.42. The molecular formula is C14H20BrN3O3. The zero-order chi connectivity index (χ0) is 15.8. The van der Waals surface area contributed by atoms with Crippen molar-refractivity contribution in [2.24, 2.45) is 5.73 Å². The minimum Gasteiger partial charge on any atom is -0.481 e. The standard InChI is InChI=1S/C14H20BrN3O3/c1-3-6-17-8-10-7-11(15)4-5-12(10)21-9(2)13(19)18-14(16)20/h4-5,7,9,17H,3,6,8H2,1-2H3,(H3,16,18,19,20). The van der Waals surface area contributed by atoms with E-state index in [4.69, 9.17) is 10.5 Å². The summed E-state index contributed by atoms with van der Waals surface area (Å²) in [5.74, 6) is 0.0202. The summed E-state index contributed by atoms with van der Waals surface area (Å²) in [5.41, 5.74) is 5.84. The lowest BCUT2D eigenvalue weighted by atomic mass is 10.2. The van der Waals surface area contributed by atoms with Gasteiger partial charge in [0.15, 0.2) is 6.10 Å². The van der Waals surface area contributed by atoms with Crippen LogP contribution in [0.5, 0.6) is 5.75 Å². The highest BCUT2D eigenvalue weighted by atomic mass is 79.9. The Balaban J connectivity index is 2.76. The SMILES string of the molecule is CCCNCc1cc(Br)ccc1OC(C)C(=O)NC(N)=O. The van der Waals surface area contributed by atoms with E-state index < -0.39 is 18.0 Å². The lowest BCUT2D eigenvalue weighted by Gasteiger charge is -2.17. The fraction of sp³-hybridized carbons (Fsp3) is 0.429. The third-order valence-corrected chi connectivity index (χ3v) is 3.18. The van der Waals surface area contributed by atoms with Gasteiger partial charge < -0.3 is 15.8 Å². The predicted molar refractivity (Wildman–Crippen MR) is 84.0 cm³/mol. The van der Waals surface area contributed by atoms with Gasteiger partial charge in [0.05, 0.1) is 0 Å². The van der Waals surface area contributed by atoms with Crippen LogP contribution in [0.4, 0.5) is 4.79 Å². The van der Waals surface area contributed by atoms with Gasteiger partial charge in [-0.25, -0.2) is 4.79 Å². The molecule has 4 N–H and O–H groups in total. The van der Waals surface area contributed by atoms with Crippen molar-refractivity contribution in [1.29, 1.82) is 0 Å². The Morgan fingerprint density at radius 2 is 2.14 bits per heavy atom. The van der Waals surface area contributed by atoms with Gasteiger partial charge in [-0.2, -0.15) is 0 Å². The second kappa shape index (κ2) is 8.63. The first-order valence-corrected chi connectivity index (χ1v) is 7.49. The van der Waals surface area contributed by atoms with Crippen molar-refractivity contribution in [2.75, 3.05) is 6.54 Å². The first-order chi connectivity index (χ1) is 9.93. The largest absolute Gasteiger partial charge is 0.481 e. The Morgan fingerprint density at radius 1 is 1.43 bits per heavy atom. The molecule has 1 aromatic carbocycles. The van der Waals surface area contributed by atoms with Crippen LogP contribution >= 0.6 is 15.9 Å². The van der Waals surface area contributed by atoms with Crippen LogP contribution in [0.15, 0.2) is 22.7 Å². The number of amides is 3. The van der Waals surface area contributed by atoms with E-state index >= 15 is 0 Å². The Kier molecular flexibility index (Phi) is 7.18. The Bertz CT molecular complexity index is 508. The lowest BCUT2D eigenvalue weighted by molar-refractivity contribution is -0.126. The molecule has 0 saturated carbocycles. The summed E-state index contributed by atoms with van der Waals surface area (Å²) in [6.07, 6.45) is 0.213. The first kappa shape index (κ1) is 17.5. The average molecular weight is 358 g/mol. The number of imide groups is 1. The van der Waals surface area contributed by atoms with E-state index in [0.29, 0.717) is 12.3 Å². The summed E-state index contributed by atoms with van der Waals surface area (Å²) in [6.45, 7) is 5.17. The summed E-state index contributed by atoms with van der Waals surface area (Å²) in [4.78, 5) is 22.3. The van der Waals surface area contributed by atoms with Gasteiger partial charge in [-0.15, -0.1) is 0 Å². The molecule has 0 bridgehead atoms. The van der Waals surface area contributed by atoms with Crippen molar-refractivity contribution < 1.29 is 14.3 Å². The van der Waals surface area contributed by atoms with Gasteiger partial charge in [0.2, 0.25) is 0 Å². The number of nitrogens with one attached hydrogen (secondary N) is 2. The third kappa shape index (κ3) is 6.14. The molecule has 7 heteroatoms. The molecule has 0 radical (unpaired) electrons. The van der Waals surface area contributed by atoms with Crippen molar-refractivity contribution in [3.63, 3.8) is 0 Å². The van der Waals surface area contributed by atoms with E-state index in [2.05, 4.69) is 28.2 Å². The van der Waals surface area contributed by atoms with Crippen molar-refractivity contribution in [2.45, 2.75) is 32.9 Å². The van der Waals surface area contributed by atoms with Crippen LogP contribution in [0.2, 0.25) is 0 Å². The van der Waals surface area contributed by atoms with E-state index in [0.717, 1.165) is 23.0 Å². The normalized spacial score (nSPS) is 11.8. The van der Waals surface area contributed by atoms with Gasteiger partial charge in [-0.1, -0.05) is 22.9 Å². The Hall–Kier alpha value is -1.60. The maximum Gasteiger partial charge on any atom is 0.318 e. The Morgan fingerprint density at radius 3 is 2.76 bits per heavy atom. The summed E-state index contributed by atoms with van der Waals surface area (Å²) in [6, 6.07) is 4.64. The highest BCUT2D eigenvalue weighted by Gasteiger charge is 2.17. The van der Waals surface area contributed by atoms with Crippen LogP contribution in [-0.4, -0.2) is 24.6 Å². The fourth-order valence-electron chi connectivity index (χ4n) is 1.67. The number of nitrogens with two attached hydrogens (primary N) is 1. The summed E-state index contributed by atoms with van der Waals surface area (Å²) >= 11 is 3.41. The maximum atomic E-state index is 11.6. The number of carbonyl (C=O) groups excluding carboxylic acids is 2. The molecule has 0 aliphatic carbocycles. The zero-order valence-corrected chi connectivity index (χ0v) is 13.7. The second-order valence-corrected chi connectivity index (χ2v) is 5.46. The smallest absolute Gasteiger partial charge is 0.318 e. The van der Waals surface area contributed by atoms with Crippen LogP contribution in [0.3, 0.4) is 0 Å². The van der Waals surface area contributed by atoms with E-state index in [-0.39, 0.29) is 0 Å². The number of ether oxygens (including phenoxy) is 1. The molecule has 21 heavy (non-hydrogen) atoms. The molecule has 0 saturated heterocycles. The molecule has 6 nitrogen and oxygen atoms in total. The van der Waals surface area contributed by atoms with Crippen molar-refractivity contribution in [3.05, 3.63) is 28.2 Å². The summed E-state index contributed by atoms with van der Waals surface area (Å²) in [7, 11) is 0. The number of rotatable bonds is 7. The number of primary amides is 1. The third-order valence-electron chi connectivity index (χ3n) is 2.68. The second-order valence-electron chi connectivity index (χ2n) is 4.54. The van der Waals surface area contributed by atoms with E-state index in [1.54, 1.807) is 13.0 Å². The molecule has 0 heterocycles. The minimum atomic E-state index is -0.893. The average Bonchev–Trinajstić information content (AvgIpc) is 2.41. The molecule has 1 unspecified atom stereocenters. The van der Waals surface area contributed by atoms with Gasteiger partial charge in [0.1, 0.15) is 5.75 Å². The number of hydrogen-bond donors (Lipinski definition) is 3. The quantitative estimate of drug-likeness (QED) is 0.649. The molecule has 1 rings (SSSR count). The summed E-state index contributed by atoms with van der Waals surface area (Å²) in [5, 5.41) is 5.27. The molecule has 3 amide bonds. The van der Waals surface area contributed by atoms with Crippen LogP contribution in [0.1, 0.15) is 25.8 Å². The van der Waals surface area contributed by atoms with Crippen molar-refractivity contribution >= 4 is 27.9 Å². The molecule has 0 fully saturated rings. The van der Waals surface area contributed by atoms with Gasteiger partial charge in [0, 0.05) is 16.6 Å². The number of hydrogen-bond acceptors (Lipinski definition) is 4. The van der Waals surface area contributed by atoms with Crippen molar-refractivity contribution in [1.82, 2.24) is 10.6 Å². The van der Waals surface area contributed by atoms with E-state index in [1.807, 2.05) is 17.4 Å². The number of urea groups is 1. The zero-order valence-electron chi connectivity index (χ0n) is 12.1. The summed E-state index contributed by atoms with van der Waals surface area (Å²) < 4.78 is 6.54. The molecule has 1 aromatic rings. The topological polar surface area (TPSA) is 93.4 Å². The van der Waals surface area contributed by atoms with Crippen LogP contribution in [0, 0.1) is 0 Å². The molecule has 0 aliphatic rings. The van der Waals surface area contributed by atoms with Crippen LogP contribution < -0.4 is 21.1 Å². The molecule has 0 aliphatic heterocycles. The predicted octanol–water partition coefficient (Wildman–Crippen LogP) is 1.91. The monoisotopic (exact) mass is 357 g/mol. The highest BCUT2D eigenvalue weighted by molar-refractivity contribution is 9.10. The van der Waals surface area contributed by atoms with Gasteiger partial charge >= 0.3 is 6.03 Å². The number of halogens is 1. The maximum absolute atomic E-state index is 11.6. The van der Waals surface area contributed by atoms with Gasteiger partial charge in [-0.05, 0) is 38.1 Å². The molecule has 0 aromatic heterocycles. The first-order valence-electron chi connectivity index (χ1n) is 6.70. The Labute approximate surface area is 132 Å². The number of benzene rings is 1.